The molecule has 0 N–H and O–H groups in total. The van der Waals surface area contributed by atoms with Crippen molar-refractivity contribution in [3.05, 3.63) is 41.5 Å². The summed E-state index contributed by atoms with van der Waals surface area (Å²) in [4.78, 5) is 14.3. The molecule has 0 fully saturated rings. The summed E-state index contributed by atoms with van der Waals surface area (Å²) in [7, 11) is 0. The Morgan fingerprint density at radius 1 is 1.30 bits per heavy atom. The fourth-order valence-electron chi connectivity index (χ4n) is 2.61. The van der Waals surface area contributed by atoms with E-state index in [1.54, 1.807) is 36.1 Å². The summed E-state index contributed by atoms with van der Waals surface area (Å²) >= 11 is 0. The number of fused-ring (bicyclic) bond motifs is 1. The monoisotopic (exact) mass is 311 g/mol. The van der Waals surface area contributed by atoms with Gasteiger partial charge in [0, 0.05) is 13.1 Å². The van der Waals surface area contributed by atoms with Crippen LogP contribution in [0.5, 0.6) is 5.75 Å². The normalized spacial score (nSPS) is 14.7. The summed E-state index contributed by atoms with van der Waals surface area (Å²) in [5.41, 5.74) is 0.557. The topological polar surface area (TPSA) is 84.0 Å². The van der Waals surface area contributed by atoms with Crippen molar-refractivity contribution in [2.45, 2.75) is 33.0 Å². The van der Waals surface area contributed by atoms with Crippen molar-refractivity contribution in [2.75, 3.05) is 6.54 Å². The van der Waals surface area contributed by atoms with Crippen LogP contribution in [-0.2, 0) is 17.9 Å². The Morgan fingerprint density at radius 2 is 2.04 bits per heavy atom. The highest BCUT2D eigenvalue weighted by Crippen LogP contribution is 2.17. The Hall–Kier alpha value is -2.88. The molecule has 7 nitrogen and oxygen atoms in total. The first kappa shape index (κ1) is 15.0. The minimum Gasteiger partial charge on any atom is -0.481 e. The molecule has 1 aliphatic heterocycles. The van der Waals surface area contributed by atoms with E-state index in [2.05, 4.69) is 10.2 Å². The van der Waals surface area contributed by atoms with Gasteiger partial charge in [0.15, 0.2) is 11.9 Å². The van der Waals surface area contributed by atoms with Crippen LogP contribution in [0.3, 0.4) is 0 Å². The van der Waals surface area contributed by atoms with Crippen LogP contribution in [0.25, 0.3) is 0 Å². The Kier molecular flexibility index (Phi) is 3.98. The highest BCUT2D eigenvalue weighted by atomic mass is 16.5. The van der Waals surface area contributed by atoms with Gasteiger partial charge < -0.3 is 14.2 Å². The van der Waals surface area contributed by atoms with E-state index in [0.717, 1.165) is 11.6 Å². The van der Waals surface area contributed by atoms with Crippen LogP contribution in [0, 0.1) is 18.3 Å². The third-order valence-corrected chi connectivity index (χ3v) is 3.89. The molecule has 1 aliphatic rings. The molecule has 3 rings (SSSR count). The van der Waals surface area contributed by atoms with Gasteiger partial charge in [-0.1, -0.05) is 0 Å². The Balaban J connectivity index is 1.64. The average molecular weight is 311 g/mol. The van der Waals surface area contributed by atoms with E-state index in [-0.39, 0.29) is 5.91 Å². The quantitative estimate of drug-likeness (QED) is 0.852. The van der Waals surface area contributed by atoms with Crippen LogP contribution in [0.2, 0.25) is 0 Å². The summed E-state index contributed by atoms with van der Waals surface area (Å²) in [6.07, 6.45) is -0.599. The molecule has 23 heavy (non-hydrogen) atoms. The van der Waals surface area contributed by atoms with Crippen molar-refractivity contribution in [3.63, 3.8) is 0 Å². The van der Waals surface area contributed by atoms with Crippen LogP contribution < -0.4 is 4.74 Å². The molecule has 0 bridgehead atoms. The first-order valence-electron chi connectivity index (χ1n) is 7.43. The summed E-state index contributed by atoms with van der Waals surface area (Å²) in [5.74, 6) is 2.16. The van der Waals surface area contributed by atoms with E-state index in [0.29, 0.717) is 30.9 Å². The van der Waals surface area contributed by atoms with Gasteiger partial charge in [0.2, 0.25) is 0 Å². The zero-order chi connectivity index (χ0) is 16.4. The number of hydrogen-bond donors (Lipinski definition) is 0. The van der Waals surface area contributed by atoms with E-state index in [9.17, 15) is 4.79 Å². The molecular formula is C16H17N5O2. The Morgan fingerprint density at radius 3 is 2.74 bits per heavy atom. The standard InChI is InChI=1S/C16H17N5O2/c1-11(23-14-5-3-13(9-17)4-6-14)16(22)20-7-8-21-12(2)18-19-15(21)10-20/h3-6,11H,7-8,10H2,1-2H3/t11-/m0/s1. The third-order valence-electron chi connectivity index (χ3n) is 3.89. The molecule has 0 radical (unpaired) electrons. The van der Waals surface area contributed by atoms with Crippen LogP contribution in [-0.4, -0.2) is 38.2 Å². The summed E-state index contributed by atoms with van der Waals surface area (Å²) in [6.45, 7) is 5.39. The van der Waals surface area contributed by atoms with E-state index in [1.165, 1.54) is 0 Å². The molecular weight excluding hydrogens is 294 g/mol. The number of carbonyl (C=O) groups excluding carboxylic acids is 1. The summed E-state index contributed by atoms with van der Waals surface area (Å²) in [6, 6.07) is 8.76. The maximum absolute atomic E-state index is 12.5. The van der Waals surface area contributed by atoms with Gasteiger partial charge in [0.25, 0.3) is 5.91 Å². The molecule has 0 aliphatic carbocycles. The Labute approximate surface area is 134 Å². The highest BCUT2D eigenvalue weighted by molar-refractivity contribution is 5.81. The summed E-state index contributed by atoms with van der Waals surface area (Å²) < 4.78 is 7.70. The lowest BCUT2D eigenvalue weighted by molar-refractivity contribution is -0.139. The fraction of sp³-hybridized carbons (Fsp3) is 0.375. The summed E-state index contributed by atoms with van der Waals surface area (Å²) in [5, 5.41) is 16.9. The number of rotatable bonds is 3. The van der Waals surface area contributed by atoms with Crippen molar-refractivity contribution >= 4 is 5.91 Å². The molecule has 1 aromatic heterocycles. The lowest BCUT2D eigenvalue weighted by atomic mass is 10.2. The van der Waals surface area contributed by atoms with Crippen LogP contribution in [0.4, 0.5) is 0 Å². The first-order valence-corrected chi connectivity index (χ1v) is 7.43. The van der Waals surface area contributed by atoms with Crippen LogP contribution in [0.1, 0.15) is 24.1 Å². The second-order valence-electron chi connectivity index (χ2n) is 5.47. The van der Waals surface area contributed by atoms with E-state index < -0.39 is 6.10 Å². The maximum atomic E-state index is 12.5. The van der Waals surface area contributed by atoms with Crippen molar-refractivity contribution in [2.24, 2.45) is 0 Å². The van der Waals surface area contributed by atoms with Gasteiger partial charge in [-0.2, -0.15) is 5.26 Å². The maximum Gasteiger partial charge on any atom is 0.263 e. The van der Waals surface area contributed by atoms with Crippen molar-refractivity contribution in [1.82, 2.24) is 19.7 Å². The molecule has 2 heterocycles. The molecule has 2 aromatic rings. The first-order chi connectivity index (χ1) is 11.1. The molecule has 118 valence electrons. The lowest BCUT2D eigenvalue weighted by Crippen LogP contribution is -2.44. The molecule has 7 heteroatoms. The second-order valence-corrected chi connectivity index (χ2v) is 5.47. The van der Waals surface area contributed by atoms with Crippen molar-refractivity contribution in [3.8, 4) is 11.8 Å². The number of nitrogens with zero attached hydrogens (tertiary/aromatic N) is 5. The second kappa shape index (κ2) is 6.08. The largest absolute Gasteiger partial charge is 0.481 e. The average Bonchev–Trinajstić information content (AvgIpc) is 2.95. The Bertz CT molecular complexity index is 760. The molecule has 1 aromatic carbocycles. The van der Waals surface area contributed by atoms with Gasteiger partial charge in [-0.3, -0.25) is 4.79 Å². The minimum absolute atomic E-state index is 0.0822. The fourth-order valence-corrected chi connectivity index (χ4v) is 2.61. The highest BCUT2D eigenvalue weighted by Gasteiger charge is 2.27. The van der Waals surface area contributed by atoms with Gasteiger partial charge >= 0.3 is 0 Å². The van der Waals surface area contributed by atoms with Crippen molar-refractivity contribution < 1.29 is 9.53 Å². The van der Waals surface area contributed by atoms with Crippen LogP contribution in [0.15, 0.2) is 24.3 Å². The number of aryl methyl sites for hydroxylation is 1. The SMILES string of the molecule is Cc1nnc2n1CCN(C(=O)[C@H](C)Oc1ccc(C#N)cc1)C2. The zero-order valence-corrected chi connectivity index (χ0v) is 13.1. The molecule has 0 saturated heterocycles. The number of hydrogen-bond acceptors (Lipinski definition) is 5. The third kappa shape index (κ3) is 3.01. The predicted octanol–water partition coefficient (Wildman–Crippen LogP) is 1.27. The smallest absolute Gasteiger partial charge is 0.263 e. The number of ether oxygens (including phenoxy) is 1. The molecule has 0 saturated carbocycles. The van der Waals surface area contributed by atoms with E-state index in [1.807, 2.05) is 17.6 Å². The van der Waals surface area contributed by atoms with Gasteiger partial charge in [0.1, 0.15) is 11.6 Å². The van der Waals surface area contributed by atoms with Gasteiger partial charge in [-0.05, 0) is 38.1 Å². The number of aromatic nitrogens is 3. The van der Waals surface area contributed by atoms with E-state index >= 15 is 0 Å². The molecule has 1 atom stereocenters. The lowest BCUT2D eigenvalue weighted by Gasteiger charge is -2.29. The van der Waals surface area contributed by atoms with Gasteiger partial charge in [-0.15, -0.1) is 10.2 Å². The molecule has 1 amide bonds. The number of amides is 1. The predicted molar refractivity (Wildman–Crippen MR) is 81.4 cm³/mol. The van der Waals surface area contributed by atoms with E-state index in [4.69, 9.17) is 10.00 Å². The van der Waals surface area contributed by atoms with Gasteiger partial charge in [-0.25, -0.2) is 0 Å². The van der Waals surface area contributed by atoms with Gasteiger partial charge in [0.05, 0.1) is 18.2 Å². The number of nitriles is 1. The molecule has 0 unspecified atom stereocenters. The zero-order valence-electron chi connectivity index (χ0n) is 13.1. The number of benzene rings is 1. The van der Waals surface area contributed by atoms with Crippen LogP contribution >= 0.6 is 0 Å². The molecule has 0 spiro atoms. The number of carbonyl (C=O) groups is 1. The minimum atomic E-state index is -0.599. The van der Waals surface area contributed by atoms with Crippen molar-refractivity contribution in [1.29, 1.82) is 5.26 Å².